The van der Waals surface area contributed by atoms with E-state index in [9.17, 15) is 21.6 Å². The average Bonchev–Trinajstić information content (AvgIpc) is 2.19. The third-order valence-corrected chi connectivity index (χ3v) is 4.45. The standard InChI is InChI=1S/C10H11BrF3NO3S/c1-6(2)19(16,17)15-9-4-3-7(5-8(9)11)18-10(12,13)14/h3-6,15H,1-2H3. The Balaban J connectivity index is 2.96. The molecule has 1 rings (SSSR count). The zero-order chi connectivity index (χ0) is 14.8. The lowest BCUT2D eigenvalue weighted by Crippen LogP contribution is -2.22. The summed E-state index contributed by atoms with van der Waals surface area (Å²) in [7, 11) is -3.56. The molecule has 0 unspecified atom stereocenters. The minimum absolute atomic E-state index is 0.142. The summed E-state index contributed by atoms with van der Waals surface area (Å²) in [5, 5.41) is -0.662. The van der Waals surface area contributed by atoms with Gasteiger partial charge in [-0.1, -0.05) is 0 Å². The molecule has 0 spiro atoms. The number of halogens is 4. The lowest BCUT2D eigenvalue weighted by atomic mass is 10.3. The number of alkyl halides is 3. The van der Waals surface area contributed by atoms with E-state index in [0.717, 1.165) is 12.1 Å². The highest BCUT2D eigenvalue weighted by Crippen LogP contribution is 2.31. The van der Waals surface area contributed by atoms with Crippen LogP contribution in [0.1, 0.15) is 13.8 Å². The average molecular weight is 362 g/mol. The molecule has 0 saturated heterocycles. The molecule has 0 bridgehead atoms. The summed E-state index contributed by atoms with van der Waals surface area (Å²) in [6.07, 6.45) is -4.79. The predicted octanol–water partition coefficient (Wildman–Crippen LogP) is 3.50. The third-order valence-electron chi connectivity index (χ3n) is 2.05. The molecular weight excluding hydrogens is 351 g/mol. The van der Waals surface area contributed by atoms with Crippen molar-refractivity contribution in [2.24, 2.45) is 0 Å². The van der Waals surface area contributed by atoms with Gasteiger partial charge in [-0.3, -0.25) is 4.72 Å². The second-order valence-corrected chi connectivity index (χ2v) is 6.98. The second-order valence-electron chi connectivity index (χ2n) is 3.89. The highest BCUT2D eigenvalue weighted by atomic mass is 79.9. The van der Waals surface area contributed by atoms with Gasteiger partial charge in [-0.05, 0) is 48.0 Å². The van der Waals surface area contributed by atoms with Gasteiger partial charge in [0.2, 0.25) is 10.0 Å². The van der Waals surface area contributed by atoms with Crippen molar-refractivity contribution in [1.82, 2.24) is 0 Å². The Labute approximate surface area is 117 Å². The van der Waals surface area contributed by atoms with E-state index in [4.69, 9.17) is 0 Å². The van der Waals surface area contributed by atoms with Crippen LogP contribution in [0.4, 0.5) is 18.9 Å². The molecule has 4 nitrogen and oxygen atoms in total. The Morgan fingerprint density at radius 2 is 1.89 bits per heavy atom. The van der Waals surface area contributed by atoms with Gasteiger partial charge < -0.3 is 4.74 Å². The number of nitrogens with one attached hydrogen (secondary N) is 1. The topological polar surface area (TPSA) is 55.4 Å². The molecule has 0 radical (unpaired) electrons. The maximum absolute atomic E-state index is 12.0. The Hall–Kier alpha value is -0.960. The molecule has 0 amide bonds. The van der Waals surface area contributed by atoms with Crippen molar-refractivity contribution in [3.05, 3.63) is 22.7 Å². The highest BCUT2D eigenvalue weighted by Gasteiger charge is 2.31. The Kier molecular flexibility index (Phi) is 4.72. The van der Waals surface area contributed by atoms with Crippen LogP contribution in [-0.4, -0.2) is 20.0 Å². The van der Waals surface area contributed by atoms with Gasteiger partial charge in [0.1, 0.15) is 5.75 Å². The molecule has 0 aromatic heterocycles. The fourth-order valence-electron chi connectivity index (χ4n) is 1.05. The number of hydrogen-bond acceptors (Lipinski definition) is 3. The van der Waals surface area contributed by atoms with Crippen molar-refractivity contribution in [1.29, 1.82) is 0 Å². The van der Waals surface area contributed by atoms with Gasteiger partial charge in [0, 0.05) is 4.47 Å². The van der Waals surface area contributed by atoms with Crippen LogP contribution >= 0.6 is 15.9 Å². The molecule has 0 atom stereocenters. The van der Waals surface area contributed by atoms with E-state index in [1.807, 2.05) is 0 Å². The molecule has 1 aromatic rings. The van der Waals surface area contributed by atoms with Gasteiger partial charge in [-0.2, -0.15) is 0 Å². The first-order valence-electron chi connectivity index (χ1n) is 5.08. The molecular formula is C10H11BrF3NO3S. The van der Waals surface area contributed by atoms with E-state index in [1.165, 1.54) is 19.9 Å². The van der Waals surface area contributed by atoms with Crippen LogP contribution in [0.2, 0.25) is 0 Å². The molecule has 0 fully saturated rings. The summed E-state index contributed by atoms with van der Waals surface area (Å²) in [6.45, 7) is 2.97. The van der Waals surface area contributed by atoms with Gasteiger partial charge in [0.05, 0.1) is 10.9 Å². The van der Waals surface area contributed by atoms with E-state index in [1.54, 1.807) is 0 Å². The molecule has 0 aliphatic carbocycles. The third kappa shape index (κ3) is 4.90. The normalized spacial score (nSPS) is 12.6. The first kappa shape index (κ1) is 16.1. The summed E-state index contributed by atoms with van der Waals surface area (Å²) < 4.78 is 65.4. The Bertz CT molecular complexity index is 558. The number of sulfonamides is 1. The fraction of sp³-hybridized carbons (Fsp3) is 0.400. The highest BCUT2D eigenvalue weighted by molar-refractivity contribution is 9.10. The maximum Gasteiger partial charge on any atom is 0.573 e. The lowest BCUT2D eigenvalue weighted by Gasteiger charge is -2.14. The first-order valence-corrected chi connectivity index (χ1v) is 7.42. The number of hydrogen-bond donors (Lipinski definition) is 1. The zero-order valence-electron chi connectivity index (χ0n) is 9.95. The first-order chi connectivity index (χ1) is 8.51. The summed E-state index contributed by atoms with van der Waals surface area (Å²) in [5.41, 5.74) is 0.142. The molecule has 1 N–H and O–H groups in total. The quantitative estimate of drug-likeness (QED) is 0.892. The number of anilines is 1. The van der Waals surface area contributed by atoms with Crippen LogP contribution in [0, 0.1) is 0 Å². The predicted molar refractivity (Wildman–Crippen MR) is 68.5 cm³/mol. The van der Waals surface area contributed by atoms with Crippen LogP contribution in [0.25, 0.3) is 0 Å². The molecule has 1 aromatic carbocycles. The minimum Gasteiger partial charge on any atom is -0.406 e. The van der Waals surface area contributed by atoms with Crippen molar-refractivity contribution < 1.29 is 26.3 Å². The van der Waals surface area contributed by atoms with Crippen molar-refractivity contribution in [3.8, 4) is 5.75 Å². The number of rotatable bonds is 4. The molecule has 0 heterocycles. The van der Waals surface area contributed by atoms with Crippen molar-refractivity contribution >= 4 is 31.6 Å². The number of benzene rings is 1. The molecule has 108 valence electrons. The van der Waals surface area contributed by atoms with E-state index in [2.05, 4.69) is 25.4 Å². The lowest BCUT2D eigenvalue weighted by molar-refractivity contribution is -0.274. The van der Waals surface area contributed by atoms with Crippen molar-refractivity contribution in [3.63, 3.8) is 0 Å². The van der Waals surface area contributed by atoms with E-state index in [0.29, 0.717) is 0 Å². The van der Waals surface area contributed by atoms with Crippen LogP contribution in [-0.2, 0) is 10.0 Å². The molecule has 0 saturated carbocycles. The van der Waals surface area contributed by atoms with Gasteiger partial charge in [0.15, 0.2) is 0 Å². The van der Waals surface area contributed by atoms with Crippen LogP contribution in [0.15, 0.2) is 22.7 Å². The van der Waals surface area contributed by atoms with Crippen LogP contribution in [0.3, 0.4) is 0 Å². The minimum atomic E-state index is -4.79. The second kappa shape index (κ2) is 5.58. The fourth-order valence-corrected chi connectivity index (χ4v) is 2.36. The van der Waals surface area contributed by atoms with E-state index in [-0.39, 0.29) is 10.2 Å². The van der Waals surface area contributed by atoms with Gasteiger partial charge in [-0.15, -0.1) is 13.2 Å². The van der Waals surface area contributed by atoms with Gasteiger partial charge >= 0.3 is 6.36 Å². The van der Waals surface area contributed by atoms with Crippen LogP contribution < -0.4 is 9.46 Å². The largest absolute Gasteiger partial charge is 0.573 e. The van der Waals surface area contributed by atoms with E-state index >= 15 is 0 Å². The SMILES string of the molecule is CC(C)S(=O)(=O)Nc1ccc(OC(F)(F)F)cc1Br. The molecule has 0 aliphatic rings. The van der Waals surface area contributed by atoms with Crippen molar-refractivity contribution in [2.75, 3.05) is 4.72 Å². The summed E-state index contributed by atoms with van der Waals surface area (Å²) in [4.78, 5) is 0. The monoisotopic (exact) mass is 361 g/mol. The molecule has 0 aliphatic heterocycles. The summed E-state index contributed by atoms with van der Waals surface area (Å²) in [6, 6.07) is 3.24. The Morgan fingerprint density at radius 3 is 2.32 bits per heavy atom. The van der Waals surface area contributed by atoms with Gasteiger partial charge in [-0.25, -0.2) is 8.42 Å². The molecule has 19 heavy (non-hydrogen) atoms. The summed E-state index contributed by atoms with van der Waals surface area (Å²) >= 11 is 2.98. The molecule has 9 heteroatoms. The summed E-state index contributed by atoms with van der Waals surface area (Å²) in [5.74, 6) is -0.438. The van der Waals surface area contributed by atoms with Crippen LogP contribution in [0.5, 0.6) is 5.75 Å². The van der Waals surface area contributed by atoms with Crippen molar-refractivity contribution in [2.45, 2.75) is 25.5 Å². The van der Waals surface area contributed by atoms with E-state index < -0.39 is 27.4 Å². The smallest absolute Gasteiger partial charge is 0.406 e. The maximum atomic E-state index is 12.0. The number of ether oxygens (including phenoxy) is 1. The Morgan fingerprint density at radius 1 is 1.32 bits per heavy atom. The van der Waals surface area contributed by atoms with Gasteiger partial charge in [0.25, 0.3) is 0 Å². The zero-order valence-corrected chi connectivity index (χ0v) is 12.4.